The predicted molar refractivity (Wildman–Crippen MR) is 114 cm³/mol. The van der Waals surface area contributed by atoms with Gasteiger partial charge in [0.25, 0.3) is 5.91 Å². The Hall–Kier alpha value is -2.83. The van der Waals surface area contributed by atoms with Crippen molar-refractivity contribution in [3.63, 3.8) is 0 Å². The fourth-order valence-corrected chi connectivity index (χ4v) is 4.50. The SMILES string of the molecule is CCOCCn1c(=NC(=O)Cc2cccc3ccccc23)sc2cc(F)ccc21. The van der Waals surface area contributed by atoms with Crippen LogP contribution in [0.4, 0.5) is 4.39 Å². The van der Waals surface area contributed by atoms with Gasteiger partial charge in [-0.1, -0.05) is 53.8 Å². The Bertz CT molecular complexity index is 1240. The molecule has 0 bridgehead atoms. The normalized spacial score (nSPS) is 12.1. The number of thiazole rings is 1. The topological polar surface area (TPSA) is 43.6 Å². The smallest absolute Gasteiger partial charge is 0.252 e. The number of hydrogen-bond acceptors (Lipinski definition) is 3. The molecule has 0 aliphatic heterocycles. The van der Waals surface area contributed by atoms with E-state index in [1.165, 1.54) is 23.5 Å². The first-order valence-electron chi connectivity index (χ1n) is 9.56. The molecule has 1 amide bonds. The van der Waals surface area contributed by atoms with Gasteiger partial charge < -0.3 is 9.30 Å². The second-order valence-corrected chi connectivity index (χ2v) is 7.67. The third-order valence-electron chi connectivity index (χ3n) is 4.75. The average molecular weight is 408 g/mol. The van der Waals surface area contributed by atoms with Crippen LogP contribution in [0, 0.1) is 5.82 Å². The summed E-state index contributed by atoms with van der Waals surface area (Å²) in [5, 5.41) is 2.16. The van der Waals surface area contributed by atoms with Gasteiger partial charge in [-0.15, -0.1) is 0 Å². The number of fused-ring (bicyclic) bond motifs is 2. The van der Waals surface area contributed by atoms with Crippen molar-refractivity contribution >= 4 is 38.2 Å². The molecule has 148 valence electrons. The van der Waals surface area contributed by atoms with E-state index in [0.29, 0.717) is 24.6 Å². The molecule has 0 N–H and O–H groups in total. The number of rotatable bonds is 6. The van der Waals surface area contributed by atoms with E-state index in [1.54, 1.807) is 6.07 Å². The van der Waals surface area contributed by atoms with Gasteiger partial charge in [0.05, 0.1) is 23.2 Å². The number of carbonyl (C=O) groups excluding carboxylic acids is 1. The van der Waals surface area contributed by atoms with Crippen LogP contribution in [0.1, 0.15) is 12.5 Å². The largest absolute Gasteiger partial charge is 0.380 e. The van der Waals surface area contributed by atoms with Gasteiger partial charge in [0.2, 0.25) is 0 Å². The van der Waals surface area contributed by atoms with Crippen LogP contribution in [0.2, 0.25) is 0 Å². The van der Waals surface area contributed by atoms with Crippen molar-refractivity contribution in [1.82, 2.24) is 4.57 Å². The molecule has 3 aromatic carbocycles. The quantitative estimate of drug-likeness (QED) is 0.434. The molecule has 0 aliphatic rings. The van der Waals surface area contributed by atoms with Crippen molar-refractivity contribution in [3.8, 4) is 0 Å². The van der Waals surface area contributed by atoms with Crippen molar-refractivity contribution in [2.75, 3.05) is 13.2 Å². The van der Waals surface area contributed by atoms with E-state index in [-0.39, 0.29) is 18.1 Å². The summed E-state index contributed by atoms with van der Waals surface area (Å²) >= 11 is 1.32. The number of halogens is 1. The van der Waals surface area contributed by atoms with Crippen LogP contribution in [0.3, 0.4) is 0 Å². The first-order valence-corrected chi connectivity index (χ1v) is 10.4. The third-order valence-corrected chi connectivity index (χ3v) is 5.79. The first kappa shape index (κ1) is 19.5. The van der Waals surface area contributed by atoms with Crippen LogP contribution in [0.25, 0.3) is 21.0 Å². The maximum atomic E-state index is 13.7. The lowest BCUT2D eigenvalue weighted by Crippen LogP contribution is -2.20. The molecule has 0 fully saturated rings. The highest BCUT2D eigenvalue weighted by Crippen LogP contribution is 2.20. The van der Waals surface area contributed by atoms with Crippen LogP contribution >= 0.6 is 11.3 Å². The van der Waals surface area contributed by atoms with E-state index in [1.807, 2.05) is 54.0 Å². The Labute approximate surface area is 171 Å². The molecule has 6 heteroatoms. The van der Waals surface area contributed by atoms with Gasteiger partial charge in [-0.3, -0.25) is 4.79 Å². The molecule has 0 spiro atoms. The Morgan fingerprint density at radius 3 is 2.83 bits per heavy atom. The summed E-state index contributed by atoms with van der Waals surface area (Å²) in [7, 11) is 0. The maximum Gasteiger partial charge on any atom is 0.252 e. The molecule has 4 aromatic rings. The molecular formula is C23H21FN2O2S. The Balaban J connectivity index is 1.70. The Morgan fingerprint density at radius 1 is 1.14 bits per heavy atom. The van der Waals surface area contributed by atoms with Crippen LogP contribution < -0.4 is 4.80 Å². The standard InChI is InChI=1S/C23H21FN2O2S/c1-2-28-13-12-26-20-11-10-18(24)15-21(20)29-23(26)25-22(27)14-17-8-5-7-16-6-3-4-9-19(16)17/h3-11,15H,2,12-14H2,1H3. The molecule has 0 saturated heterocycles. The average Bonchev–Trinajstić information content (AvgIpc) is 3.04. The van der Waals surface area contributed by atoms with Crippen LogP contribution in [0.5, 0.6) is 0 Å². The van der Waals surface area contributed by atoms with Crippen molar-refractivity contribution in [3.05, 3.63) is 76.8 Å². The second-order valence-electron chi connectivity index (χ2n) is 6.67. The van der Waals surface area contributed by atoms with Crippen molar-refractivity contribution < 1.29 is 13.9 Å². The lowest BCUT2D eigenvalue weighted by Gasteiger charge is -2.06. The number of ether oxygens (including phenoxy) is 1. The molecule has 4 nitrogen and oxygen atoms in total. The summed E-state index contributed by atoms with van der Waals surface area (Å²) in [5.41, 5.74) is 1.80. The van der Waals surface area contributed by atoms with Crippen molar-refractivity contribution in [1.29, 1.82) is 0 Å². The highest BCUT2D eigenvalue weighted by molar-refractivity contribution is 7.16. The van der Waals surface area contributed by atoms with Crippen LogP contribution in [0.15, 0.2) is 65.7 Å². The van der Waals surface area contributed by atoms with E-state index < -0.39 is 0 Å². The lowest BCUT2D eigenvalue weighted by molar-refractivity contribution is -0.117. The zero-order valence-corrected chi connectivity index (χ0v) is 16.9. The van der Waals surface area contributed by atoms with Gasteiger partial charge in [-0.05, 0) is 41.5 Å². The minimum absolute atomic E-state index is 0.218. The van der Waals surface area contributed by atoms with Gasteiger partial charge in [-0.2, -0.15) is 4.99 Å². The minimum Gasteiger partial charge on any atom is -0.380 e. The van der Waals surface area contributed by atoms with E-state index in [9.17, 15) is 9.18 Å². The van der Waals surface area contributed by atoms with E-state index in [2.05, 4.69) is 4.99 Å². The molecular weight excluding hydrogens is 387 g/mol. The van der Waals surface area contributed by atoms with Gasteiger partial charge in [0, 0.05) is 13.2 Å². The first-order chi connectivity index (χ1) is 14.2. The zero-order chi connectivity index (χ0) is 20.2. The number of aromatic nitrogens is 1. The molecule has 29 heavy (non-hydrogen) atoms. The van der Waals surface area contributed by atoms with Crippen LogP contribution in [-0.4, -0.2) is 23.7 Å². The van der Waals surface area contributed by atoms with E-state index in [0.717, 1.165) is 26.6 Å². The Kier molecular flexibility index (Phi) is 5.83. The molecule has 0 aliphatic carbocycles. The fourth-order valence-electron chi connectivity index (χ4n) is 3.40. The summed E-state index contributed by atoms with van der Waals surface area (Å²) in [4.78, 5) is 17.7. The maximum absolute atomic E-state index is 13.7. The summed E-state index contributed by atoms with van der Waals surface area (Å²) in [6.07, 6.45) is 0.218. The monoisotopic (exact) mass is 408 g/mol. The molecule has 0 radical (unpaired) electrons. The van der Waals surface area contributed by atoms with Gasteiger partial charge >= 0.3 is 0 Å². The summed E-state index contributed by atoms with van der Waals surface area (Å²) in [6.45, 7) is 3.61. The molecule has 1 aromatic heterocycles. The van der Waals surface area contributed by atoms with Crippen LogP contribution in [-0.2, 0) is 22.5 Å². The highest BCUT2D eigenvalue weighted by Gasteiger charge is 2.10. The number of carbonyl (C=O) groups is 1. The number of amides is 1. The number of hydrogen-bond donors (Lipinski definition) is 0. The third kappa shape index (κ3) is 4.28. The zero-order valence-electron chi connectivity index (χ0n) is 16.1. The predicted octanol–water partition coefficient (Wildman–Crippen LogP) is 4.70. The molecule has 0 atom stereocenters. The highest BCUT2D eigenvalue weighted by atomic mass is 32.1. The summed E-state index contributed by atoms with van der Waals surface area (Å²) < 4.78 is 21.8. The number of nitrogens with zero attached hydrogens (tertiary/aromatic N) is 2. The van der Waals surface area contributed by atoms with Gasteiger partial charge in [0.1, 0.15) is 5.82 Å². The molecule has 4 rings (SSSR count). The van der Waals surface area contributed by atoms with Crippen molar-refractivity contribution in [2.45, 2.75) is 19.9 Å². The second kappa shape index (κ2) is 8.68. The molecule has 1 heterocycles. The molecule has 0 saturated carbocycles. The summed E-state index contributed by atoms with van der Waals surface area (Å²) in [5.74, 6) is -0.525. The fraction of sp³-hybridized carbons (Fsp3) is 0.217. The minimum atomic E-state index is -0.302. The summed E-state index contributed by atoms with van der Waals surface area (Å²) in [6, 6.07) is 18.6. The van der Waals surface area contributed by atoms with E-state index in [4.69, 9.17) is 4.74 Å². The Morgan fingerprint density at radius 2 is 1.97 bits per heavy atom. The van der Waals surface area contributed by atoms with Gasteiger partial charge in [0.15, 0.2) is 4.80 Å². The number of benzene rings is 3. The van der Waals surface area contributed by atoms with E-state index >= 15 is 0 Å². The van der Waals surface area contributed by atoms with Gasteiger partial charge in [-0.25, -0.2) is 4.39 Å². The van der Waals surface area contributed by atoms with Crippen molar-refractivity contribution in [2.24, 2.45) is 4.99 Å². The molecule has 0 unspecified atom stereocenters. The lowest BCUT2D eigenvalue weighted by atomic mass is 10.0.